The van der Waals surface area contributed by atoms with Gasteiger partial charge in [-0.05, 0) is 18.9 Å². The van der Waals surface area contributed by atoms with Gasteiger partial charge in [-0.2, -0.15) is 0 Å². The topological polar surface area (TPSA) is 66.4 Å². The molecule has 0 amide bonds. The van der Waals surface area contributed by atoms with E-state index >= 15 is 0 Å². The van der Waals surface area contributed by atoms with E-state index in [1.165, 1.54) is 22.8 Å². The maximum atomic E-state index is 11.9. The standard InChI is InChI=1S/C7H16NO3PS2/c1-4-6(7(9)10)8-5-12(11,13-2)14-3/h6,8H,4-5H2,1-3H3,(H,9,10). The highest BCUT2D eigenvalue weighted by Crippen LogP contribution is 2.65. The number of hydrogen-bond donors (Lipinski definition) is 2. The van der Waals surface area contributed by atoms with Gasteiger partial charge < -0.3 is 5.11 Å². The van der Waals surface area contributed by atoms with Gasteiger partial charge >= 0.3 is 5.97 Å². The summed E-state index contributed by atoms with van der Waals surface area (Å²) in [6, 6.07) is -0.595. The molecule has 1 atom stereocenters. The molecule has 7 heteroatoms. The lowest BCUT2D eigenvalue weighted by Gasteiger charge is -2.17. The molecule has 0 aromatic carbocycles. The summed E-state index contributed by atoms with van der Waals surface area (Å²) in [6.07, 6.45) is 4.32. The van der Waals surface area contributed by atoms with E-state index in [0.29, 0.717) is 6.42 Å². The first-order valence-electron chi connectivity index (χ1n) is 4.15. The molecule has 84 valence electrons. The minimum atomic E-state index is -2.33. The summed E-state index contributed by atoms with van der Waals surface area (Å²) in [6.45, 7) is 1.79. The van der Waals surface area contributed by atoms with Crippen molar-refractivity contribution in [2.45, 2.75) is 19.4 Å². The minimum Gasteiger partial charge on any atom is -0.480 e. The highest BCUT2D eigenvalue weighted by Gasteiger charge is 2.22. The van der Waals surface area contributed by atoms with Crippen LogP contribution in [0.25, 0.3) is 0 Å². The van der Waals surface area contributed by atoms with Crippen LogP contribution in [0.3, 0.4) is 0 Å². The SMILES string of the molecule is CCC(NCP(=O)(SC)SC)C(=O)O. The second-order valence-corrected chi connectivity index (χ2v) is 11.3. The lowest BCUT2D eigenvalue weighted by Crippen LogP contribution is -2.36. The third-order valence-corrected chi connectivity index (χ3v) is 10.3. The quantitative estimate of drug-likeness (QED) is 0.682. The van der Waals surface area contributed by atoms with Gasteiger partial charge in [-0.25, -0.2) is 0 Å². The maximum absolute atomic E-state index is 11.9. The van der Waals surface area contributed by atoms with Crippen LogP contribution in [0.2, 0.25) is 0 Å². The number of nitrogens with one attached hydrogen (secondary N) is 1. The molecule has 0 heterocycles. The van der Waals surface area contributed by atoms with Gasteiger partial charge in [0, 0.05) is 0 Å². The average Bonchev–Trinajstić information content (AvgIpc) is 2.18. The van der Waals surface area contributed by atoms with Crippen LogP contribution in [0.4, 0.5) is 0 Å². The zero-order valence-electron chi connectivity index (χ0n) is 8.52. The van der Waals surface area contributed by atoms with Crippen molar-refractivity contribution in [1.82, 2.24) is 5.32 Å². The second kappa shape index (κ2) is 6.77. The number of rotatable bonds is 7. The van der Waals surface area contributed by atoms with E-state index in [1.807, 2.05) is 0 Å². The Bertz CT molecular complexity index is 229. The molecular formula is C7H16NO3PS2. The first-order chi connectivity index (χ1) is 6.49. The smallest absolute Gasteiger partial charge is 0.320 e. The molecule has 2 N–H and O–H groups in total. The largest absolute Gasteiger partial charge is 0.480 e. The highest BCUT2D eigenvalue weighted by atomic mass is 33.1. The van der Waals surface area contributed by atoms with Crippen LogP contribution in [0.15, 0.2) is 0 Å². The molecule has 0 aromatic heterocycles. The Morgan fingerprint density at radius 1 is 1.50 bits per heavy atom. The Kier molecular flexibility index (Phi) is 6.95. The molecule has 0 saturated carbocycles. The number of carbonyl (C=O) groups is 1. The van der Waals surface area contributed by atoms with Crippen molar-refractivity contribution in [2.75, 3.05) is 18.8 Å². The van der Waals surface area contributed by atoms with E-state index in [1.54, 1.807) is 19.4 Å². The first-order valence-corrected chi connectivity index (χ1v) is 9.71. The van der Waals surface area contributed by atoms with E-state index in [-0.39, 0.29) is 6.29 Å². The fourth-order valence-electron chi connectivity index (χ4n) is 0.832. The summed E-state index contributed by atoms with van der Waals surface area (Å²) < 4.78 is 11.9. The summed E-state index contributed by atoms with van der Waals surface area (Å²) in [5.41, 5.74) is -2.33. The maximum Gasteiger partial charge on any atom is 0.320 e. The van der Waals surface area contributed by atoms with Gasteiger partial charge in [-0.15, -0.1) is 0 Å². The van der Waals surface area contributed by atoms with Gasteiger partial charge in [-0.1, -0.05) is 29.7 Å². The van der Waals surface area contributed by atoms with Crippen LogP contribution < -0.4 is 5.32 Å². The molecule has 0 saturated heterocycles. The van der Waals surface area contributed by atoms with Crippen LogP contribution in [-0.4, -0.2) is 35.9 Å². The molecule has 0 radical (unpaired) electrons. The Balaban J connectivity index is 4.14. The molecule has 0 aliphatic heterocycles. The molecular weight excluding hydrogens is 241 g/mol. The minimum absolute atomic E-state index is 0.264. The van der Waals surface area contributed by atoms with E-state index in [0.717, 1.165) is 0 Å². The third-order valence-electron chi connectivity index (χ3n) is 1.79. The number of carboxylic acids is 1. The van der Waals surface area contributed by atoms with Crippen molar-refractivity contribution < 1.29 is 14.5 Å². The predicted octanol–water partition coefficient (Wildman–Crippen LogP) is 2.32. The first kappa shape index (κ1) is 14.4. The summed E-state index contributed by atoms with van der Waals surface area (Å²) in [7, 11) is 0. The fraction of sp³-hybridized carbons (Fsp3) is 0.857. The molecule has 0 fully saturated rings. The third kappa shape index (κ3) is 4.73. The Morgan fingerprint density at radius 3 is 2.29 bits per heavy atom. The normalized spacial score (nSPS) is 13.9. The molecule has 0 spiro atoms. The van der Waals surface area contributed by atoms with Gasteiger partial charge in [-0.3, -0.25) is 14.7 Å². The Hall–Kier alpha value is 0.360. The van der Waals surface area contributed by atoms with Gasteiger partial charge in [0.25, 0.3) is 0 Å². The van der Waals surface area contributed by atoms with Crippen molar-refractivity contribution in [3.63, 3.8) is 0 Å². The summed E-state index contributed by atoms with van der Waals surface area (Å²) in [4.78, 5) is 10.7. The monoisotopic (exact) mass is 257 g/mol. The molecule has 4 nitrogen and oxygen atoms in total. The second-order valence-electron chi connectivity index (χ2n) is 2.64. The zero-order chi connectivity index (χ0) is 11.2. The van der Waals surface area contributed by atoms with Crippen LogP contribution in [-0.2, 0) is 9.36 Å². The van der Waals surface area contributed by atoms with Crippen molar-refractivity contribution >= 4 is 34.3 Å². The summed E-state index contributed by atoms with van der Waals surface area (Å²) >= 11 is 2.60. The fourth-order valence-corrected chi connectivity index (χ4v) is 4.69. The van der Waals surface area contributed by atoms with Gasteiger partial charge in [0.05, 0.1) is 6.29 Å². The number of aliphatic carboxylic acids is 1. The van der Waals surface area contributed by atoms with Gasteiger partial charge in [0.15, 0.2) is 0 Å². The molecule has 0 aliphatic carbocycles. The van der Waals surface area contributed by atoms with Crippen LogP contribution in [0.5, 0.6) is 0 Å². The van der Waals surface area contributed by atoms with Crippen LogP contribution in [0, 0.1) is 0 Å². The highest BCUT2D eigenvalue weighted by molar-refractivity contribution is 8.90. The molecule has 0 bridgehead atoms. The summed E-state index contributed by atoms with van der Waals surface area (Å²) in [5, 5.41) is 11.6. The average molecular weight is 257 g/mol. The van der Waals surface area contributed by atoms with Gasteiger partial charge in [0.1, 0.15) is 6.04 Å². The lowest BCUT2D eigenvalue weighted by atomic mass is 10.2. The zero-order valence-corrected chi connectivity index (χ0v) is 11.0. The Morgan fingerprint density at radius 2 is 2.00 bits per heavy atom. The van der Waals surface area contributed by atoms with Gasteiger partial charge in [0.2, 0.25) is 5.55 Å². The molecule has 0 aromatic rings. The van der Waals surface area contributed by atoms with E-state index in [4.69, 9.17) is 5.11 Å². The predicted molar refractivity (Wildman–Crippen MR) is 64.4 cm³/mol. The lowest BCUT2D eigenvalue weighted by molar-refractivity contribution is -0.139. The molecule has 14 heavy (non-hydrogen) atoms. The summed E-state index contributed by atoms with van der Waals surface area (Å²) in [5.74, 6) is -0.888. The molecule has 0 aliphatic rings. The molecule has 1 unspecified atom stereocenters. The molecule has 0 rings (SSSR count). The Labute approximate surface area is 92.5 Å². The van der Waals surface area contributed by atoms with E-state index in [9.17, 15) is 9.36 Å². The number of hydrogen-bond acceptors (Lipinski definition) is 5. The van der Waals surface area contributed by atoms with Crippen molar-refractivity contribution in [2.24, 2.45) is 0 Å². The van der Waals surface area contributed by atoms with Crippen molar-refractivity contribution in [3.05, 3.63) is 0 Å². The van der Waals surface area contributed by atoms with Crippen molar-refractivity contribution in [3.8, 4) is 0 Å². The van der Waals surface area contributed by atoms with Crippen LogP contribution in [0.1, 0.15) is 13.3 Å². The van der Waals surface area contributed by atoms with Crippen LogP contribution >= 0.6 is 28.3 Å². The van der Waals surface area contributed by atoms with E-state index in [2.05, 4.69) is 5.32 Å². The number of carboxylic acid groups (broad SMARTS) is 1. The van der Waals surface area contributed by atoms with Crippen molar-refractivity contribution in [1.29, 1.82) is 0 Å². The van der Waals surface area contributed by atoms with E-state index < -0.39 is 17.6 Å².